The molecule has 7 N–H and O–H groups in total. The van der Waals surface area contributed by atoms with Crippen LogP contribution in [-0.2, 0) is 11.2 Å². The van der Waals surface area contributed by atoms with Crippen molar-refractivity contribution in [1.82, 2.24) is 39.9 Å². The van der Waals surface area contributed by atoms with Gasteiger partial charge in [-0.1, -0.05) is 116 Å². The zero-order valence-corrected chi connectivity index (χ0v) is 35.6. The summed E-state index contributed by atoms with van der Waals surface area (Å²) in [5.41, 5.74) is 6.20. The molecule has 0 aliphatic heterocycles. The molecular formula is C47H56ClN11O. The number of anilines is 3. The number of aryl methyl sites for hydroxylation is 1. The summed E-state index contributed by atoms with van der Waals surface area (Å²) in [6.07, 6.45) is 15.9. The molecular weight excluding hydrogens is 770 g/mol. The van der Waals surface area contributed by atoms with Crippen LogP contribution in [-0.4, -0.2) is 47.0 Å². The van der Waals surface area contributed by atoms with Gasteiger partial charge in [0.15, 0.2) is 0 Å². The fraction of sp³-hybridized carbons (Fsp3) is 0.234. The number of halogens is 1. The van der Waals surface area contributed by atoms with Crippen LogP contribution in [0.4, 0.5) is 17.8 Å². The fourth-order valence-corrected chi connectivity index (χ4v) is 6.52. The van der Waals surface area contributed by atoms with Gasteiger partial charge in [0.2, 0.25) is 17.8 Å². The number of hydrogen-bond acceptors (Lipinski definition) is 8. The number of aromatic amines is 4. The molecule has 13 heteroatoms. The Hall–Kier alpha value is -6.63. The van der Waals surface area contributed by atoms with Crippen LogP contribution in [0.3, 0.4) is 0 Å². The highest BCUT2D eigenvalue weighted by Gasteiger charge is 2.13. The molecule has 0 radical (unpaired) electrons. The van der Waals surface area contributed by atoms with Gasteiger partial charge < -0.3 is 40.6 Å². The molecule has 8 rings (SSSR count). The molecule has 4 aromatic carbocycles. The number of rotatable bonds is 14. The van der Waals surface area contributed by atoms with Crippen LogP contribution in [0.2, 0.25) is 5.02 Å². The first-order chi connectivity index (χ1) is 29.3. The van der Waals surface area contributed by atoms with E-state index in [4.69, 9.17) is 16.3 Å². The van der Waals surface area contributed by atoms with Crippen LogP contribution in [0.15, 0.2) is 159 Å². The second kappa shape index (κ2) is 24.3. The van der Waals surface area contributed by atoms with Gasteiger partial charge in [-0.3, -0.25) is 0 Å². The maximum Gasteiger partial charge on any atom is 0.200 e. The highest BCUT2D eigenvalue weighted by molar-refractivity contribution is 6.30. The van der Waals surface area contributed by atoms with E-state index in [1.54, 1.807) is 44.3 Å². The van der Waals surface area contributed by atoms with E-state index < -0.39 is 0 Å². The first-order valence-electron chi connectivity index (χ1n) is 20.0. The maximum absolute atomic E-state index is 5.95. The Labute approximate surface area is 358 Å². The average molecular weight is 826 g/mol. The van der Waals surface area contributed by atoms with Crippen LogP contribution in [0.1, 0.15) is 85.1 Å². The van der Waals surface area contributed by atoms with Crippen molar-refractivity contribution in [2.45, 2.75) is 64.8 Å². The lowest BCUT2D eigenvalue weighted by Crippen LogP contribution is -2.10. The SMILES string of the molecule is CC(Nc1ncc[nH]1)c1ccccc1.CCC(Nc1ncc[nH]1)c1ccccc1.COC(Cc1ncc[nH]1)c1cccc(Cl)c1.Cc1ccccc1C(C)Nc1ncc[nH]1. The third-order valence-electron chi connectivity index (χ3n) is 9.52. The lowest BCUT2D eigenvalue weighted by molar-refractivity contribution is 0.102. The molecule has 4 heterocycles. The minimum atomic E-state index is -0.0233. The molecule has 0 aliphatic carbocycles. The average Bonchev–Trinajstić information content (AvgIpc) is 4.15. The number of hydrogen-bond donors (Lipinski definition) is 7. The summed E-state index contributed by atoms with van der Waals surface area (Å²) in [6.45, 7) is 8.52. The Morgan fingerprint density at radius 1 is 0.583 bits per heavy atom. The number of nitrogens with one attached hydrogen (secondary N) is 7. The van der Waals surface area contributed by atoms with Gasteiger partial charge in [-0.15, -0.1) is 0 Å². The van der Waals surface area contributed by atoms with Crippen molar-refractivity contribution in [2.24, 2.45) is 0 Å². The molecule has 0 bridgehead atoms. The summed E-state index contributed by atoms with van der Waals surface area (Å²) < 4.78 is 5.45. The number of benzene rings is 4. The molecule has 0 saturated carbocycles. The maximum atomic E-state index is 5.95. The molecule has 12 nitrogen and oxygen atoms in total. The Morgan fingerprint density at radius 2 is 1.10 bits per heavy atom. The van der Waals surface area contributed by atoms with Gasteiger partial charge in [0.1, 0.15) is 5.82 Å². The number of imidazole rings is 4. The molecule has 4 atom stereocenters. The number of nitrogens with zero attached hydrogens (tertiary/aromatic N) is 4. The first kappa shape index (κ1) is 44.5. The van der Waals surface area contributed by atoms with Gasteiger partial charge in [-0.25, -0.2) is 19.9 Å². The third-order valence-corrected chi connectivity index (χ3v) is 9.75. The van der Waals surface area contributed by atoms with Crippen molar-refractivity contribution in [3.63, 3.8) is 0 Å². The van der Waals surface area contributed by atoms with E-state index in [1.807, 2.05) is 60.9 Å². The first-order valence-corrected chi connectivity index (χ1v) is 20.4. The minimum Gasteiger partial charge on any atom is -0.376 e. The van der Waals surface area contributed by atoms with Gasteiger partial charge in [0, 0.05) is 68.1 Å². The molecule has 60 heavy (non-hydrogen) atoms. The second-order valence-corrected chi connectivity index (χ2v) is 14.3. The largest absolute Gasteiger partial charge is 0.376 e. The van der Waals surface area contributed by atoms with Gasteiger partial charge in [0.05, 0.1) is 24.2 Å². The lowest BCUT2D eigenvalue weighted by Gasteiger charge is -2.16. The standard InChI is InChI=1S/C12H13ClN2O.2C12H15N3.C11H13N3/c1-16-11(8-12-14-5-6-15-12)9-3-2-4-10(13)7-9;1-9-5-3-4-6-11(9)10(2)15-12-13-7-8-14-12;1-2-11(10-6-4-3-5-7-10)15-12-13-8-9-14-12;1-9(10-5-3-2-4-6-10)14-11-12-7-8-13-11/h2-7,11H,8H2,1H3,(H,14,15);3-8,10H,1-2H3,(H2,13,14,15);3-9,11H,2H2,1H3,(H2,13,14,15);2-9H,1H3,(H2,12,13,14). The molecule has 8 aromatic rings. The predicted octanol–water partition coefficient (Wildman–Crippen LogP) is 11.4. The van der Waals surface area contributed by atoms with E-state index in [9.17, 15) is 0 Å². The Morgan fingerprint density at radius 3 is 1.62 bits per heavy atom. The highest BCUT2D eigenvalue weighted by Crippen LogP contribution is 2.24. The highest BCUT2D eigenvalue weighted by atomic mass is 35.5. The lowest BCUT2D eigenvalue weighted by atomic mass is 10.0. The van der Waals surface area contributed by atoms with E-state index in [1.165, 1.54) is 22.3 Å². The zero-order valence-electron chi connectivity index (χ0n) is 34.8. The summed E-state index contributed by atoms with van der Waals surface area (Å²) in [7, 11) is 1.69. The van der Waals surface area contributed by atoms with Crippen molar-refractivity contribution < 1.29 is 4.74 Å². The Kier molecular flexibility index (Phi) is 18.0. The predicted molar refractivity (Wildman–Crippen MR) is 244 cm³/mol. The summed E-state index contributed by atoms with van der Waals surface area (Å²) in [5.74, 6) is 3.35. The van der Waals surface area contributed by atoms with Gasteiger partial charge in [-0.2, -0.15) is 0 Å². The Bertz CT molecular complexity index is 2270. The summed E-state index contributed by atoms with van der Waals surface area (Å²) in [5, 5.41) is 10.7. The van der Waals surface area contributed by atoms with E-state index in [0.717, 1.165) is 40.7 Å². The quantitative estimate of drug-likeness (QED) is 0.0570. The normalized spacial score (nSPS) is 12.4. The smallest absolute Gasteiger partial charge is 0.200 e. The van der Waals surface area contributed by atoms with E-state index in [0.29, 0.717) is 12.5 Å². The second-order valence-electron chi connectivity index (χ2n) is 13.8. The molecule has 312 valence electrons. The molecule has 0 saturated heterocycles. The summed E-state index contributed by atoms with van der Waals surface area (Å²) >= 11 is 5.95. The van der Waals surface area contributed by atoms with Gasteiger partial charge in [-0.05, 0) is 67.1 Å². The van der Waals surface area contributed by atoms with Crippen LogP contribution in [0.5, 0.6) is 0 Å². The van der Waals surface area contributed by atoms with E-state index >= 15 is 0 Å². The number of H-pyrrole nitrogens is 4. The summed E-state index contributed by atoms with van der Waals surface area (Å²) in [6, 6.07) is 37.6. The fourth-order valence-electron chi connectivity index (χ4n) is 6.32. The number of aromatic nitrogens is 8. The topological polar surface area (TPSA) is 160 Å². The molecule has 4 unspecified atom stereocenters. The monoisotopic (exact) mass is 825 g/mol. The van der Waals surface area contributed by atoms with Crippen molar-refractivity contribution >= 4 is 29.4 Å². The van der Waals surface area contributed by atoms with Crippen LogP contribution >= 0.6 is 11.6 Å². The van der Waals surface area contributed by atoms with Gasteiger partial charge in [0.25, 0.3) is 0 Å². The van der Waals surface area contributed by atoms with Gasteiger partial charge >= 0.3 is 0 Å². The molecule has 0 fully saturated rings. The molecule has 0 amide bonds. The van der Waals surface area contributed by atoms with Crippen LogP contribution in [0, 0.1) is 6.92 Å². The van der Waals surface area contributed by atoms with Crippen molar-refractivity contribution in [3.05, 3.63) is 197 Å². The zero-order chi connectivity index (χ0) is 42.4. The third kappa shape index (κ3) is 14.6. The molecule has 0 spiro atoms. The molecule has 4 aromatic heterocycles. The van der Waals surface area contributed by atoms with Crippen LogP contribution in [0.25, 0.3) is 0 Å². The number of methoxy groups -OCH3 is 1. The van der Waals surface area contributed by atoms with E-state index in [2.05, 4.69) is 144 Å². The Balaban J connectivity index is 0.000000152. The molecule has 0 aliphatic rings. The van der Waals surface area contributed by atoms with Crippen LogP contribution < -0.4 is 16.0 Å². The van der Waals surface area contributed by atoms with Crippen molar-refractivity contribution in [1.29, 1.82) is 0 Å². The summed E-state index contributed by atoms with van der Waals surface area (Å²) in [4.78, 5) is 28.8. The minimum absolute atomic E-state index is 0.0233. The van der Waals surface area contributed by atoms with E-state index in [-0.39, 0.29) is 18.2 Å². The van der Waals surface area contributed by atoms with Crippen molar-refractivity contribution in [2.75, 3.05) is 23.1 Å². The number of ether oxygens (including phenoxy) is 1. The van der Waals surface area contributed by atoms with Crippen molar-refractivity contribution in [3.8, 4) is 0 Å².